The van der Waals surface area contributed by atoms with Gasteiger partial charge in [-0.3, -0.25) is 0 Å². The Morgan fingerprint density at radius 1 is 0.957 bits per heavy atom. The molecule has 0 bridgehead atoms. The predicted molar refractivity (Wildman–Crippen MR) is 191 cm³/mol. The number of furan rings is 1. The number of allylic oxidation sites excluding steroid dienone is 1. The Bertz CT molecular complexity index is 2200. The molecule has 0 spiro atoms. The molecule has 4 aromatic heterocycles. The first-order valence-corrected chi connectivity index (χ1v) is 20.3. The van der Waals surface area contributed by atoms with E-state index in [2.05, 4.69) is 128 Å². The second kappa shape index (κ2) is 10.6. The molecule has 2 aliphatic heterocycles. The SMILES string of the molecule is C=C1CC2C(CCc3ccc4c(oc5ncccc54)c3-c3cc(C)cc[n+]31)c1ccccc1-c1cc(C(C)C)c([Si](C)(C)C)c[n+]12. The highest BCUT2D eigenvalue weighted by Gasteiger charge is 2.44. The number of aryl methyl sites for hydroxylation is 2. The summed E-state index contributed by atoms with van der Waals surface area (Å²) in [6, 6.07) is 25.1. The highest BCUT2D eigenvalue weighted by atomic mass is 28.3. The van der Waals surface area contributed by atoms with Crippen molar-refractivity contribution in [2.75, 3.05) is 0 Å². The van der Waals surface area contributed by atoms with Crippen LogP contribution >= 0.6 is 0 Å². The number of aromatic nitrogens is 3. The molecule has 2 aromatic carbocycles. The molecule has 0 saturated carbocycles. The number of pyridine rings is 3. The van der Waals surface area contributed by atoms with Crippen LogP contribution in [0, 0.1) is 6.92 Å². The Kier molecular flexibility index (Phi) is 6.70. The van der Waals surface area contributed by atoms with Gasteiger partial charge < -0.3 is 4.42 Å². The van der Waals surface area contributed by atoms with Crippen LogP contribution in [0.2, 0.25) is 19.6 Å². The molecular formula is C41H43N3OSi+2. The first-order chi connectivity index (χ1) is 22.1. The Morgan fingerprint density at radius 2 is 1.78 bits per heavy atom. The molecule has 0 N–H and O–H groups in total. The predicted octanol–water partition coefficient (Wildman–Crippen LogP) is 9.01. The van der Waals surface area contributed by atoms with Crippen molar-refractivity contribution in [2.45, 2.75) is 77.6 Å². The molecule has 6 heterocycles. The van der Waals surface area contributed by atoms with Crippen LogP contribution in [0.25, 0.3) is 50.3 Å². The van der Waals surface area contributed by atoms with Crippen LogP contribution in [0.4, 0.5) is 0 Å². The van der Waals surface area contributed by atoms with E-state index in [1.807, 2.05) is 12.3 Å². The molecule has 5 heteroatoms. The topological polar surface area (TPSA) is 33.8 Å². The van der Waals surface area contributed by atoms with Crippen molar-refractivity contribution in [3.63, 3.8) is 0 Å². The molecule has 0 fully saturated rings. The standard InChI is InChI=1S/C41H43N3OSi/c1-25(2)34-23-36-30-12-9-8-11-29(30)31-16-14-28-15-17-32-33-13-10-19-42-41(33)45-40(32)39(28)37-21-26(3)18-20-43(37)27(4)22-35(31)44(36)24-38(34)46(5,6)7/h8-13,15,17-21,23-25,31,35H,4,14,16,22H2,1-3,5-7H3/q+2. The quantitative estimate of drug-likeness (QED) is 0.143. The Balaban J connectivity index is 1.38. The zero-order valence-corrected chi connectivity index (χ0v) is 28.9. The molecule has 8 rings (SSSR count). The molecule has 0 saturated heterocycles. The monoisotopic (exact) mass is 621 g/mol. The summed E-state index contributed by atoms with van der Waals surface area (Å²) in [5.41, 5.74) is 13.2. The Labute approximate surface area is 273 Å². The summed E-state index contributed by atoms with van der Waals surface area (Å²) in [7, 11) is -1.62. The fraction of sp³-hybridized carbons (Fsp3) is 0.293. The molecule has 0 amide bonds. The lowest BCUT2D eigenvalue weighted by molar-refractivity contribution is -0.719. The number of hydrogen-bond acceptors (Lipinski definition) is 2. The Hall–Kier alpha value is -4.35. The maximum atomic E-state index is 6.58. The van der Waals surface area contributed by atoms with Crippen LogP contribution in [0.3, 0.4) is 0 Å². The van der Waals surface area contributed by atoms with Crippen LogP contribution in [-0.2, 0) is 6.42 Å². The summed E-state index contributed by atoms with van der Waals surface area (Å²) >= 11 is 0. The molecule has 2 unspecified atom stereocenters. The Morgan fingerprint density at radius 3 is 2.59 bits per heavy atom. The van der Waals surface area contributed by atoms with E-state index in [0.29, 0.717) is 17.5 Å². The average molecular weight is 622 g/mol. The van der Waals surface area contributed by atoms with Crippen molar-refractivity contribution >= 4 is 41.0 Å². The van der Waals surface area contributed by atoms with E-state index in [1.165, 1.54) is 39.1 Å². The van der Waals surface area contributed by atoms with Crippen molar-refractivity contribution in [1.29, 1.82) is 0 Å². The highest BCUT2D eigenvalue weighted by molar-refractivity contribution is 6.89. The lowest BCUT2D eigenvalue weighted by Gasteiger charge is -2.33. The van der Waals surface area contributed by atoms with Crippen molar-refractivity contribution in [3.8, 4) is 22.5 Å². The van der Waals surface area contributed by atoms with Crippen molar-refractivity contribution < 1.29 is 13.6 Å². The normalized spacial score (nSPS) is 17.8. The largest absolute Gasteiger partial charge is 0.437 e. The van der Waals surface area contributed by atoms with E-state index >= 15 is 0 Å². The second-order valence-electron chi connectivity index (χ2n) is 14.8. The lowest BCUT2D eigenvalue weighted by Crippen LogP contribution is -2.54. The summed E-state index contributed by atoms with van der Waals surface area (Å²) in [4.78, 5) is 4.58. The minimum Gasteiger partial charge on any atom is -0.437 e. The van der Waals surface area contributed by atoms with Gasteiger partial charge in [-0.1, -0.05) is 63.8 Å². The number of nitrogens with zero attached hydrogens (tertiary/aromatic N) is 3. The molecule has 0 aliphatic carbocycles. The summed E-state index contributed by atoms with van der Waals surface area (Å²) in [5, 5.41) is 3.74. The molecular weight excluding hydrogens is 579 g/mol. The van der Waals surface area contributed by atoms with Gasteiger partial charge >= 0.3 is 0 Å². The smallest absolute Gasteiger partial charge is 0.227 e. The van der Waals surface area contributed by atoms with Gasteiger partial charge in [0, 0.05) is 51.8 Å². The van der Waals surface area contributed by atoms with E-state index in [0.717, 1.165) is 47.0 Å². The maximum absolute atomic E-state index is 6.58. The third kappa shape index (κ3) is 4.51. The van der Waals surface area contributed by atoms with Gasteiger partial charge in [0.2, 0.25) is 17.1 Å². The van der Waals surface area contributed by atoms with Crippen molar-refractivity contribution in [1.82, 2.24) is 4.98 Å². The first-order valence-electron chi connectivity index (χ1n) is 16.8. The number of rotatable bonds is 2. The zero-order valence-electron chi connectivity index (χ0n) is 27.9. The number of hydrogen-bond donors (Lipinski definition) is 0. The van der Waals surface area contributed by atoms with Crippen LogP contribution < -0.4 is 14.3 Å². The number of benzene rings is 2. The van der Waals surface area contributed by atoms with E-state index in [-0.39, 0.29) is 6.04 Å². The summed E-state index contributed by atoms with van der Waals surface area (Å²) in [6.45, 7) is 19.1. The van der Waals surface area contributed by atoms with E-state index in [1.54, 1.807) is 5.19 Å². The van der Waals surface area contributed by atoms with Crippen LogP contribution in [0.1, 0.15) is 66.8 Å². The van der Waals surface area contributed by atoms with E-state index in [9.17, 15) is 0 Å². The van der Waals surface area contributed by atoms with Gasteiger partial charge in [0.15, 0.2) is 29.7 Å². The maximum Gasteiger partial charge on any atom is 0.227 e. The van der Waals surface area contributed by atoms with Gasteiger partial charge in [-0.15, -0.1) is 0 Å². The molecule has 46 heavy (non-hydrogen) atoms. The fourth-order valence-electron chi connectivity index (χ4n) is 8.15. The fourth-order valence-corrected chi connectivity index (χ4v) is 9.90. The summed E-state index contributed by atoms with van der Waals surface area (Å²) < 4.78 is 11.6. The highest BCUT2D eigenvalue weighted by Crippen LogP contribution is 2.45. The summed E-state index contributed by atoms with van der Waals surface area (Å²) in [6.07, 6.45) is 9.43. The molecule has 0 radical (unpaired) electrons. The van der Waals surface area contributed by atoms with Crippen molar-refractivity contribution in [3.05, 3.63) is 114 Å². The van der Waals surface area contributed by atoms with Gasteiger partial charge in [-0.25, -0.2) is 4.98 Å². The van der Waals surface area contributed by atoms with E-state index < -0.39 is 8.07 Å². The molecule has 6 aromatic rings. The van der Waals surface area contributed by atoms with Gasteiger partial charge in [0.05, 0.1) is 20.1 Å². The molecule has 4 nitrogen and oxygen atoms in total. The lowest BCUT2D eigenvalue weighted by atomic mass is 9.77. The van der Waals surface area contributed by atoms with Gasteiger partial charge in [0.25, 0.3) is 0 Å². The van der Waals surface area contributed by atoms with Gasteiger partial charge in [-0.2, -0.15) is 9.13 Å². The molecule has 230 valence electrons. The van der Waals surface area contributed by atoms with Crippen LogP contribution in [-0.4, -0.2) is 13.1 Å². The number of fused-ring (bicyclic) bond motifs is 13. The average Bonchev–Trinajstić information content (AvgIpc) is 3.41. The van der Waals surface area contributed by atoms with Gasteiger partial charge in [-0.05, 0) is 72.7 Å². The second-order valence-corrected chi connectivity index (χ2v) is 19.8. The molecule has 2 aliphatic rings. The van der Waals surface area contributed by atoms with Crippen LogP contribution in [0.5, 0.6) is 0 Å². The first kappa shape index (κ1) is 29.1. The van der Waals surface area contributed by atoms with Gasteiger partial charge in [0.1, 0.15) is 0 Å². The van der Waals surface area contributed by atoms with E-state index in [4.69, 9.17) is 11.0 Å². The third-order valence-electron chi connectivity index (χ3n) is 10.4. The third-order valence-corrected chi connectivity index (χ3v) is 12.5. The molecule has 2 atom stereocenters. The minimum atomic E-state index is -1.62. The van der Waals surface area contributed by atoms with Crippen molar-refractivity contribution in [2.24, 2.45) is 0 Å². The van der Waals surface area contributed by atoms with Crippen LogP contribution in [0.15, 0.2) is 96.3 Å². The zero-order chi connectivity index (χ0) is 31.9. The minimum absolute atomic E-state index is 0.260. The summed E-state index contributed by atoms with van der Waals surface area (Å²) in [5.74, 6) is 0.822.